The van der Waals surface area contributed by atoms with Gasteiger partial charge in [-0.25, -0.2) is 4.79 Å². The number of amides is 1. The molecule has 1 rings (SSSR count). The first-order valence-electron chi connectivity index (χ1n) is 5.48. The minimum atomic E-state index is -5.04. The van der Waals surface area contributed by atoms with E-state index in [1.54, 1.807) is 5.32 Å². The molecule has 8 heteroatoms. The van der Waals surface area contributed by atoms with Gasteiger partial charge in [0, 0.05) is 6.42 Å². The summed E-state index contributed by atoms with van der Waals surface area (Å²) in [4.78, 5) is 22.2. The molecule has 3 N–H and O–H groups in total. The van der Waals surface area contributed by atoms with Crippen LogP contribution < -0.4 is 10.6 Å². The monoisotopic (exact) mass is 268 g/mol. The maximum absolute atomic E-state index is 12.6. The second-order valence-electron chi connectivity index (χ2n) is 4.54. The molecule has 0 saturated carbocycles. The molecule has 0 radical (unpaired) electrons. The minimum Gasteiger partial charge on any atom is -0.479 e. The summed E-state index contributed by atoms with van der Waals surface area (Å²) in [6.45, 7) is 1.72. The van der Waals surface area contributed by atoms with E-state index < -0.39 is 23.6 Å². The smallest absolute Gasteiger partial charge is 0.422 e. The van der Waals surface area contributed by atoms with Gasteiger partial charge >= 0.3 is 12.1 Å². The second kappa shape index (κ2) is 5.13. The third-order valence-electron chi connectivity index (χ3n) is 3.02. The largest absolute Gasteiger partial charge is 0.479 e. The van der Waals surface area contributed by atoms with Crippen molar-refractivity contribution >= 4 is 11.9 Å². The van der Waals surface area contributed by atoms with Crippen molar-refractivity contribution in [2.75, 3.05) is 13.1 Å². The zero-order valence-corrected chi connectivity index (χ0v) is 9.80. The fraction of sp³-hybridized carbons (Fsp3) is 0.800. The molecule has 0 aromatic rings. The number of nitrogens with one attached hydrogen (secondary N) is 2. The molecule has 1 heterocycles. The Labute approximate surface area is 102 Å². The van der Waals surface area contributed by atoms with Gasteiger partial charge in [0.25, 0.3) is 0 Å². The van der Waals surface area contributed by atoms with Crippen molar-refractivity contribution in [1.29, 1.82) is 0 Å². The van der Waals surface area contributed by atoms with Crippen LogP contribution in [0.3, 0.4) is 0 Å². The Morgan fingerprint density at radius 1 is 1.44 bits per heavy atom. The van der Waals surface area contributed by atoms with Gasteiger partial charge in [-0.05, 0) is 32.4 Å². The molecule has 1 fully saturated rings. The van der Waals surface area contributed by atoms with Crippen LogP contribution in [0.2, 0.25) is 0 Å². The summed E-state index contributed by atoms with van der Waals surface area (Å²) in [5.41, 5.74) is -3.24. The lowest BCUT2D eigenvalue weighted by Crippen LogP contribution is -2.62. The van der Waals surface area contributed by atoms with Gasteiger partial charge in [-0.15, -0.1) is 0 Å². The number of hydrogen-bond donors (Lipinski definition) is 3. The summed E-state index contributed by atoms with van der Waals surface area (Å²) in [6.07, 6.45) is -4.45. The SMILES string of the molecule is CC(NC(=O)CC1CCNC1)(C(=O)O)C(F)(F)F. The lowest BCUT2D eigenvalue weighted by molar-refractivity contribution is -0.207. The molecule has 1 aliphatic heterocycles. The average molecular weight is 268 g/mol. The Hall–Kier alpha value is -1.31. The highest BCUT2D eigenvalue weighted by Crippen LogP contribution is 2.30. The van der Waals surface area contributed by atoms with E-state index in [0.717, 1.165) is 0 Å². The summed E-state index contributed by atoms with van der Waals surface area (Å²) in [7, 11) is 0. The Kier molecular flexibility index (Phi) is 4.20. The number of alkyl halides is 3. The fourth-order valence-electron chi connectivity index (χ4n) is 1.73. The first kappa shape index (κ1) is 14.7. The molecule has 0 aliphatic carbocycles. The fourth-order valence-corrected chi connectivity index (χ4v) is 1.73. The average Bonchev–Trinajstić information content (AvgIpc) is 2.67. The minimum absolute atomic E-state index is 0.0451. The van der Waals surface area contributed by atoms with E-state index in [-0.39, 0.29) is 12.3 Å². The van der Waals surface area contributed by atoms with Gasteiger partial charge in [0.05, 0.1) is 0 Å². The maximum atomic E-state index is 12.6. The Morgan fingerprint density at radius 2 is 2.06 bits per heavy atom. The highest BCUT2D eigenvalue weighted by Gasteiger charge is 2.58. The first-order valence-corrected chi connectivity index (χ1v) is 5.48. The number of carbonyl (C=O) groups is 2. The molecule has 0 aromatic carbocycles. The molecule has 1 aliphatic rings. The molecule has 0 aromatic heterocycles. The predicted molar refractivity (Wildman–Crippen MR) is 55.8 cm³/mol. The van der Waals surface area contributed by atoms with Crippen LogP contribution >= 0.6 is 0 Å². The van der Waals surface area contributed by atoms with Gasteiger partial charge in [-0.2, -0.15) is 13.2 Å². The molecular formula is C10H15F3N2O3. The third-order valence-corrected chi connectivity index (χ3v) is 3.02. The van der Waals surface area contributed by atoms with Gasteiger partial charge in [0.2, 0.25) is 11.4 Å². The molecule has 0 spiro atoms. The van der Waals surface area contributed by atoms with E-state index in [4.69, 9.17) is 5.11 Å². The molecule has 1 saturated heterocycles. The lowest BCUT2D eigenvalue weighted by Gasteiger charge is -2.28. The van der Waals surface area contributed by atoms with Gasteiger partial charge < -0.3 is 15.7 Å². The molecule has 1 amide bonds. The normalized spacial score (nSPS) is 23.4. The number of carboxylic acid groups (broad SMARTS) is 1. The summed E-state index contributed by atoms with van der Waals surface area (Å²) >= 11 is 0. The van der Waals surface area contributed by atoms with Crippen LogP contribution in [0.15, 0.2) is 0 Å². The van der Waals surface area contributed by atoms with Crippen molar-refractivity contribution in [1.82, 2.24) is 10.6 Å². The number of rotatable bonds is 4. The van der Waals surface area contributed by atoms with Crippen molar-refractivity contribution in [3.8, 4) is 0 Å². The Morgan fingerprint density at radius 3 is 2.44 bits per heavy atom. The molecule has 2 unspecified atom stereocenters. The molecule has 18 heavy (non-hydrogen) atoms. The highest BCUT2D eigenvalue weighted by atomic mass is 19.4. The topological polar surface area (TPSA) is 78.4 Å². The Balaban J connectivity index is 2.66. The van der Waals surface area contributed by atoms with Gasteiger partial charge in [0.15, 0.2) is 0 Å². The zero-order valence-electron chi connectivity index (χ0n) is 9.80. The molecular weight excluding hydrogens is 253 g/mol. The highest BCUT2D eigenvalue weighted by molar-refractivity contribution is 5.87. The van der Waals surface area contributed by atoms with Crippen LogP contribution in [-0.2, 0) is 9.59 Å². The summed E-state index contributed by atoms with van der Waals surface area (Å²) in [5.74, 6) is -3.06. The maximum Gasteiger partial charge on any atom is 0.422 e. The van der Waals surface area contributed by atoms with Crippen molar-refractivity contribution in [2.24, 2.45) is 5.92 Å². The lowest BCUT2D eigenvalue weighted by atomic mass is 9.99. The summed E-state index contributed by atoms with van der Waals surface area (Å²) in [6, 6.07) is 0. The Bertz CT molecular complexity index is 340. The van der Waals surface area contributed by atoms with Crippen LogP contribution in [0.1, 0.15) is 19.8 Å². The van der Waals surface area contributed by atoms with E-state index in [2.05, 4.69) is 5.32 Å². The van der Waals surface area contributed by atoms with Crippen LogP contribution in [0.4, 0.5) is 13.2 Å². The van der Waals surface area contributed by atoms with Gasteiger partial charge in [0.1, 0.15) is 0 Å². The summed E-state index contributed by atoms with van der Waals surface area (Å²) < 4.78 is 37.9. The van der Waals surface area contributed by atoms with Crippen LogP contribution in [0, 0.1) is 5.92 Å². The number of carboxylic acids is 1. The number of aliphatic carboxylic acids is 1. The quantitative estimate of drug-likeness (QED) is 0.694. The van der Waals surface area contributed by atoms with E-state index in [0.29, 0.717) is 26.4 Å². The van der Waals surface area contributed by atoms with Crippen molar-refractivity contribution in [3.05, 3.63) is 0 Å². The second-order valence-corrected chi connectivity index (χ2v) is 4.54. The van der Waals surface area contributed by atoms with Crippen LogP contribution in [0.5, 0.6) is 0 Å². The molecule has 0 bridgehead atoms. The number of hydrogen-bond acceptors (Lipinski definition) is 3. The predicted octanol–water partition coefficient (Wildman–Crippen LogP) is 0.508. The van der Waals surface area contributed by atoms with Crippen molar-refractivity contribution < 1.29 is 27.9 Å². The molecule has 2 atom stereocenters. The summed E-state index contributed by atoms with van der Waals surface area (Å²) in [5, 5.41) is 13.2. The van der Waals surface area contributed by atoms with E-state index in [1.165, 1.54) is 0 Å². The number of carbonyl (C=O) groups excluding carboxylic acids is 1. The third kappa shape index (κ3) is 3.12. The number of halogens is 3. The van der Waals surface area contributed by atoms with Crippen molar-refractivity contribution in [3.63, 3.8) is 0 Å². The first-order chi connectivity index (χ1) is 8.17. The van der Waals surface area contributed by atoms with E-state index in [1.807, 2.05) is 0 Å². The van der Waals surface area contributed by atoms with E-state index in [9.17, 15) is 22.8 Å². The molecule has 5 nitrogen and oxygen atoms in total. The van der Waals surface area contributed by atoms with Gasteiger partial charge in [-0.3, -0.25) is 4.79 Å². The molecule has 104 valence electrons. The van der Waals surface area contributed by atoms with Crippen LogP contribution in [-0.4, -0.2) is 41.8 Å². The van der Waals surface area contributed by atoms with Gasteiger partial charge in [-0.1, -0.05) is 0 Å². The van der Waals surface area contributed by atoms with E-state index >= 15 is 0 Å². The standard InChI is InChI=1S/C10H15F3N2O3/c1-9(8(17)18,10(11,12)13)15-7(16)4-6-2-3-14-5-6/h6,14H,2-5H2,1H3,(H,15,16)(H,17,18). The van der Waals surface area contributed by atoms with Crippen molar-refractivity contribution in [2.45, 2.75) is 31.5 Å². The zero-order chi connectivity index (χ0) is 14.0. The van der Waals surface area contributed by atoms with Crippen LogP contribution in [0.25, 0.3) is 0 Å².